The predicted molar refractivity (Wildman–Crippen MR) is 162 cm³/mol. The highest BCUT2D eigenvalue weighted by molar-refractivity contribution is 6.09. The zero-order valence-electron chi connectivity index (χ0n) is 23.2. The number of carbonyl (C=O) groups excluding carboxylic acids is 1. The van der Waals surface area contributed by atoms with Gasteiger partial charge in [0, 0.05) is 47.7 Å². The Labute approximate surface area is 235 Å². The maximum atomic E-state index is 13.7. The molecule has 0 aliphatic rings. The van der Waals surface area contributed by atoms with E-state index < -0.39 is 5.54 Å². The molecule has 2 heterocycles. The lowest BCUT2D eigenvalue weighted by atomic mass is 9.76. The van der Waals surface area contributed by atoms with Gasteiger partial charge in [-0.1, -0.05) is 116 Å². The van der Waals surface area contributed by atoms with E-state index in [0.29, 0.717) is 6.42 Å². The summed E-state index contributed by atoms with van der Waals surface area (Å²) < 4.78 is 4.32. The Morgan fingerprint density at radius 1 is 0.775 bits per heavy atom. The van der Waals surface area contributed by atoms with Gasteiger partial charge in [0.15, 0.2) is 5.78 Å². The minimum Gasteiger partial charge on any atom is -0.350 e. The number of para-hydroxylation sites is 1. The molecule has 0 spiro atoms. The number of rotatable bonds is 8. The van der Waals surface area contributed by atoms with Gasteiger partial charge in [-0.3, -0.25) is 4.79 Å². The third-order valence-electron chi connectivity index (χ3n) is 8.15. The van der Waals surface area contributed by atoms with Gasteiger partial charge in [-0.2, -0.15) is 0 Å². The summed E-state index contributed by atoms with van der Waals surface area (Å²) in [5.41, 5.74) is 6.66. The number of imidazole rings is 1. The lowest BCUT2D eigenvalue weighted by molar-refractivity contribution is 0.0930. The van der Waals surface area contributed by atoms with Crippen LogP contribution >= 0.6 is 0 Å². The first-order valence-corrected chi connectivity index (χ1v) is 13.8. The monoisotopic (exact) mass is 523 g/mol. The van der Waals surface area contributed by atoms with Crippen molar-refractivity contribution in [2.75, 3.05) is 0 Å². The Balaban J connectivity index is 1.46. The normalized spacial score (nSPS) is 12.5. The molecule has 0 aliphatic heterocycles. The predicted octanol–water partition coefficient (Wildman–Crippen LogP) is 7.58. The molecular weight excluding hydrogens is 490 g/mol. The van der Waals surface area contributed by atoms with Crippen molar-refractivity contribution in [1.82, 2.24) is 14.1 Å². The summed E-state index contributed by atoms with van der Waals surface area (Å²) in [6, 6.07) is 39.9. The van der Waals surface area contributed by atoms with Crippen molar-refractivity contribution in [2.45, 2.75) is 25.8 Å². The first kappa shape index (κ1) is 25.6. The number of hydrogen-bond acceptors (Lipinski definition) is 2. The molecule has 4 nitrogen and oxygen atoms in total. The number of hydrogen-bond donors (Lipinski definition) is 0. The number of fused-ring (bicyclic) bond motifs is 1. The summed E-state index contributed by atoms with van der Waals surface area (Å²) in [6.07, 6.45) is 4.47. The van der Waals surface area contributed by atoms with Crippen LogP contribution in [0.15, 0.2) is 128 Å². The van der Waals surface area contributed by atoms with Gasteiger partial charge in [-0.05, 0) is 29.7 Å². The molecule has 1 unspecified atom stereocenters. The summed E-state index contributed by atoms with van der Waals surface area (Å²) in [6.45, 7) is 4.14. The highest BCUT2D eigenvalue weighted by Crippen LogP contribution is 2.42. The summed E-state index contributed by atoms with van der Waals surface area (Å²) in [4.78, 5) is 18.7. The second-order valence-corrected chi connectivity index (χ2v) is 10.6. The molecule has 0 amide bonds. The second kappa shape index (κ2) is 10.5. The molecule has 4 heteroatoms. The highest BCUT2D eigenvalue weighted by Gasteiger charge is 2.39. The van der Waals surface area contributed by atoms with Crippen LogP contribution in [0, 0.1) is 12.8 Å². The van der Waals surface area contributed by atoms with Crippen molar-refractivity contribution in [3.63, 3.8) is 0 Å². The third-order valence-corrected chi connectivity index (χ3v) is 8.15. The van der Waals surface area contributed by atoms with Crippen LogP contribution in [0.3, 0.4) is 0 Å². The van der Waals surface area contributed by atoms with E-state index in [1.54, 1.807) is 0 Å². The van der Waals surface area contributed by atoms with E-state index in [9.17, 15) is 4.79 Å². The molecule has 1 atom stereocenters. The number of ketones is 1. The number of carbonyl (C=O) groups is 1. The maximum Gasteiger partial charge on any atom is 0.168 e. The van der Waals surface area contributed by atoms with Crippen molar-refractivity contribution in [3.05, 3.63) is 161 Å². The van der Waals surface area contributed by atoms with E-state index in [1.165, 1.54) is 0 Å². The minimum absolute atomic E-state index is 0.145. The van der Waals surface area contributed by atoms with Gasteiger partial charge in [0.05, 0.1) is 12.0 Å². The SMILES string of the molecule is Cc1c(CC(C)C(=O)c2cn(C)c3ccccc23)ncn1C(c1ccccc1)(c1ccccc1)c1ccccc1. The van der Waals surface area contributed by atoms with Gasteiger partial charge in [0.1, 0.15) is 5.54 Å². The zero-order valence-corrected chi connectivity index (χ0v) is 23.2. The zero-order chi connectivity index (χ0) is 27.7. The van der Waals surface area contributed by atoms with Gasteiger partial charge in [-0.25, -0.2) is 4.98 Å². The Morgan fingerprint density at radius 2 is 1.27 bits per heavy atom. The van der Waals surface area contributed by atoms with E-state index in [0.717, 1.165) is 44.5 Å². The molecule has 6 aromatic rings. The fourth-order valence-corrected chi connectivity index (χ4v) is 6.13. The number of aromatic nitrogens is 3. The van der Waals surface area contributed by atoms with Crippen molar-refractivity contribution >= 4 is 16.7 Å². The quantitative estimate of drug-likeness (QED) is 0.152. The molecule has 40 heavy (non-hydrogen) atoms. The molecule has 2 aromatic heterocycles. The lowest BCUT2D eigenvalue weighted by Gasteiger charge is -2.38. The number of Topliss-reactive ketones (excluding diaryl/α,β-unsaturated/α-hetero) is 1. The van der Waals surface area contributed by atoms with Crippen LogP contribution < -0.4 is 0 Å². The fourth-order valence-electron chi connectivity index (χ4n) is 6.13. The van der Waals surface area contributed by atoms with E-state index in [4.69, 9.17) is 4.98 Å². The average Bonchev–Trinajstić information content (AvgIpc) is 3.54. The molecule has 0 fully saturated rings. The molecular formula is C36H33N3O. The average molecular weight is 524 g/mol. The highest BCUT2D eigenvalue weighted by atomic mass is 16.1. The second-order valence-electron chi connectivity index (χ2n) is 10.6. The molecule has 0 N–H and O–H groups in total. The van der Waals surface area contributed by atoms with Gasteiger partial charge >= 0.3 is 0 Å². The smallest absolute Gasteiger partial charge is 0.168 e. The molecule has 198 valence electrons. The van der Waals surface area contributed by atoms with Crippen LogP contribution in [-0.2, 0) is 19.0 Å². The van der Waals surface area contributed by atoms with Crippen LogP contribution in [0.25, 0.3) is 10.9 Å². The molecule has 0 saturated carbocycles. The van der Waals surface area contributed by atoms with Gasteiger partial charge in [0.25, 0.3) is 0 Å². The number of aryl methyl sites for hydroxylation is 1. The molecule has 0 radical (unpaired) electrons. The lowest BCUT2D eigenvalue weighted by Crippen LogP contribution is -2.38. The van der Waals surface area contributed by atoms with Gasteiger partial charge in [0.2, 0.25) is 0 Å². The minimum atomic E-state index is -0.623. The first-order chi connectivity index (χ1) is 19.5. The van der Waals surface area contributed by atoms with E-state index in [2.05, 4.69) is 109 Å². The van der Waals surface area contributed by atoms with Crippen molar-refractivity contribution in [1.29, 1.82) is 0 Å². The summed E-state index contributed by atoms with van der Waals surface area (Å²) in [5, 5.41) is 1.00. The molecule has 4 aromatic carbocycles. The van der Waals surface area contributed by atoms with Crippen molar-refractivity contribution < 1.29 is 4.79 Å². The summed E-state index contributed by atoms with van der Waals surface area (Å²) in [7, 11) is 1.99. The summed E-state index contributed by atoms with van der Waals surface area (Å²) >= 11 is 0. The fraction of sp³-hybridized carbons (Fsp3) is 0.167. The van der Waals surface area contributed by atoms with Crippen LogP contribution in [0.1, 0.15) is 45.4 Å². The van der Waals surface area contributed by atoms with Crippen LogP contribution in [0.4, 0.5) is 0 Å². The first-order valence-electron chi connectivity index (χ1n) is 13.8. The molecule has 6 rings (SSSR count). The Kier molecular flexibility index (Phi) is 6.69. The van der Waals surface area contributed by atoms with Crippen LogP contribution in [0.5, 0.6) is 0 Å². The topological polar surface area (TPSA) is 39.8 Å². The molecule has 0 aliphatic carbocycles. The molecule has 0 saturated heterocycles. The largest absolute Gasteiger partial charge is 0.350 e. The van der Waals surface area contributed by atoms with Gasteiger partial charge < -0.3 is 9.13 Å². The van der Waals surface area contributed by atoms with Crippen LogP contribution in [0.2, 0.25) is 0 Å². The van der Waals surface area contributed by atoms with Gasteiger partial charge in [-0.15, -0.1) is 0 Å². The number of nitrogens with zero attached hydrogens (tertiary/aromatic N) is 3. The Bertz CT molecular complexity index is 1670. The van der Waals surface area contributed by atoms with E-state index in [-0.39, 0.29) is 11.7 Å². The van der Waals surface area contributed by atoms with E-state index in [1.807, 2.05) is 49.3 Å². The standard InChI is InChI=1S/C36H33N3O/c1-26(35(40)32-24-38(3)34-22-14-13-21-31(32)34)23-33-27(2)39(25-37-33)36(28-15-7-4-8-16-28,29-17-9-5-10-18-29)30-19-11-6-12-20-30/h4-22,24-26H,23H2,1-3H3. The third kappa shape index (κ3) is 4.17. The van der Waals surface area contributed by atoms with Crippen LogP contribution in [-0.4, -0.2) is 19.9 Å². The maximum absolute atomic E-state index is 13.7. The van der Waals surface area contributed by atoms with Crippen molar-refractivity contribution in [2.24, 2.45) is 13.0 Å². The Morgan fingerprint density at radius 3 is 1.82 bits per heavy atom. The Hall–Kier alpha value is -4.70. The summed E-state index contributed by atoms with van der Waals surface area (Å²) in [5.74, 6) is -0.0707. The van der Waals surface area contributed by atoms with E-state index >= 15 is 0 Å². The van der Waals surface area contributed by atoms with Crippen molar-refractivity contribution in [3.8, 4) is 0 Å². The molecule has 0 bridgehead atoms. The number of benzene rings is 4.